The number of aromatic amines is 1. The summed E-state index contributed by atoms with van der Waals surface area (Å²) in [6.45, 7) is 0. The summed E-state index contributed by atoms with van der Waals surface area (Å²) in [7, 11) is 0. The molecule has 0 spiro atoms. The van der Waals surface area contributed by atoms with Crippen LogP contribution in [-0.4, -0.2) is 30.8 Å². The van der Waals surface area contributed by atoms with Crippen molar-refractivity contribution in [2.45, 2.75) is 6.18 Å². The van der Waals surface area contributed by atoms with Crippen molar-refractivity contribution in [3.63, 3.8) is 0 Å². The van der Waals surface area contributed by atoms with Crippen molar-refractivity contribution < 1.29 is 23.1 Å². The highest BCUT2D eigenvalue weighted by Crippen LogP contribution is 2.27. The average molecular weight is 274 g/mol. The molecule has 2 aromatic rings. The highest BCUT2D eigenvalue weighted by atomic mass is 19.4. The molecule has 7 nitrogen and oxygen atoms in total. The quantitative estimate of drug-likeness (QED) is 0.838. The first-order valence-corrected chi connectivity index (χ1v) is 4.75. The van der Waals surface area contributed by atoms with Gasteiger partial charge in [0.25, 0.3) is 11.5 Å². The Bertz CT molecular complexity index is 689. The molecule has 0 amide bonds. The molecule has 0 saturated heterocycles. The lowest BCUT2D eigenvalue weighted by Crippen LogP contribution is -2.19. The summed E-state index contributed by atoms with van der Waals surface area (Å²) >= 11 is 0. The van der Waals surface area contributed by atoms with Gasteiger partial charge in [0.1, 0.15) is 11.4 Å². The number of hydrogen-bond donors (Lipinski definition) is 2. The molecule has 0 fully saturated rings. The Morgan fingerprint density at radius 1 is 1.42 bits per heavy atom. The minimum absolute atomic E-state index is 0.481. The van der Waals surface area contributed by atoms with E-state index >= 15 is 0 Å². The number of aromatic carboxylic acids is 1. The van der Waals surface area contributed by atoms with Crippen LogP contribution in [0, 0.1) is 0 Å². The minimum atomic E-state index is -4.69. The van der Waals surface area contributed by atoms with E-state index in [0.29, 0.717) is 16.8 Å². The lowest BCUT2D eigenvalue weighted by Gasteiger charge is -2.06. The van der Waals surface area contributed by atoms with Crippen LogP contribution in [0.4, 0.5) is 13.2 Å². The van der Waals surface area contributed by atoms with Crippen molar-refractivity contribution >= 4 is 5.97 Å². The number of carboxylic acids is 1. The van der Waals surface area contributed by atoms with Crippen LogP contribution in [0.5, 0.6) is 0 Å². The van der Waals surface area contributed by atoms with Crippen molar-refractivity contribution in [1.82, 2.24) is 19.7 Å². The number of H-pyrrole nitrogens is 1. The van der Waals surface area contributed by atoms with Gasteiger partial charge in [-0.15, -0.1) is 0 Å². The molecular weight excluding hydrogens is 269 g/mol. The van der Waals surface area contributed by atoms with E-state index in [-0.39, 0.29) is 0 Å². The van der Waals surface area contributed by atoms with Crippen LogP contribution >= 0.6 is 0 Å². The van der Waals surface area contributed by atoms with E-state index in [1.807, 2.05) is 0 Å². The molecule has 2 rings (SSSR count). The number of carboxylic acid groups (broad SMARTS) is 1. The van der Waals surface area contributed by atoms with Crippen LogP contribution in [0.1, 0.15) is 16.2 Å². The number of carbonyl (C=O) groups is 1. The summed E-state index contributed by atoms with van der Waals surface area (Å²) in [6, 6.07) is 1.35. The highest BCUT2D eigenvalue weighted by molar-refractivity contribution is 5.85. The predicted octanol–water partition coefficient (Wildman–Crippen LogP) is 0.673. The number of hydrogen-bond acceptors (Lipinski definition) is 4. The Labute approximate surface area is 102 Å². The van der Waals surface area contributed by atoms with E-state index in [9.17, 15) is 22.8 Å². The molecule has 0 saturated carbocycles. The SMILES string of the molecule is O=C(O)c1cc(=O)n(-c2nccc(C(F)(F)F)n2)[nH]1. The second-order valence-corrected chi connectivity index (χ2v) is 3.39. The Morgan fingerprint density at radius 3 is 2.63 bits per heavy atom. The monoisotopic (exact) mass is 274 g/mol. The number of aromatic nitrogens is 4. The molecule has 0 aliphatic heterocycles. The Morgan fingerprint density at radius 2 is 2.11 bits per heavy atom. The Balaban J connectivity index is 2.54. The smallest absolute Gasteiger partial charge is 0.433 e. The third kappa shape index (κ3) is 2.46. The summed E-state index contributed by atoms with van der Waals surface area (Å²) in [6.07, 6.45) is -3.87. The van der Waals surface area contributed by atoms with Gasteiger partial charge in [-0.3, -0.25) is 9.89 Å². The normalized spacial score (nSPS) is 11.5. The van der Waals surface area contributed by atoms with Gasteiger partial charge in [0.05, 0.1) is 0 Å². The van der Waals surface area contributed by atoms with Gasteiger partial charge in [0.15, 0.2) is 0 Å². The van der Waals surface area contributed by atoms with E-state index < -0.39 is 35.0 Å². The molecule has 0 bridgehead atoms. The largest absolute Gasteiger partial charge is 0.477 e. The van der Waals surface area contributed by atoms with Crippen LogP contribution < -0.4 is 5.56 Å². The van der Waals surface area contributed by atoms with E-state index in [4.69, 9.17) is 5.11 Å². The zero-order chi connectivity index (χ0) is 14.2. The molecule has 10 heteroatoms. The van der Waals surface area contributed by atoms with Gasteiger partial charge in [0, 0.05) is 12.3 Å². The van der Waals surface area contributed by atoms with Crippen LogP contribution in [0.2, 0.25) is 0 Å². The number of rotatable bonds is 2. The number of alkyl halides is 3. The van der Waals surface area contributed by atoms with E-state index in [2.05, 4.69) is 15.1 Å². The maximum atomic E-state index is 12.4. The molecule has 0 atom stereocenters. The second kappa shape index (κ2) is 4.23. The van der Waals surface area contributed by atoms with Gasteiger partial charge in [-0.05, 0) is 6.07 Å². The predicted molar refractivity (Wildman–Crippen MR) is 53.9 cm³/mol. The lowest BCUT2D eigenvalue weighted by molar-refractivity contribution is -0.141. The first kappa shape index (κ1) is 12.8. The van der Waals surface area contributed by atoms with Crippen molar-refractivity contribution in [3.8, 4) is 5.95 Å². The first-order chi connectivity index (χ1) is 8.79. The molecule has 0 radical (unpaired) electrons. The standard InChI is InChI=1S/C9H5F3N4O3/c10-9(11,12)5-1-2-13-8(14-5)16-6(17)3-4(15-16)7(18)19/h1-3,15H,(H,18,19). The van der Waals surface area contributed by atoms with Crippen LogP contribution in [-0.2, 0) is 6.18 Å². The highest BCUT2D eigenvalue weighted by Gasteiger charge is 2.33. The summed E-state index contributed by atoms with van der Waals surface area (Å²) < 4.78 is 37.8. The van der Waals surface area contributed by atoms with Crippen molar-refractivity contribution in [3.05, 3.63) is 40.1 Å². The zero-order valence-electron chi connectivity index (χ0n) is 8.97. The van der Waals surface area contributed by atoms with Gasteiger partial charge >= 0.3 is 12.1 Å². The number of nitrogens with zero attached hydrogens (tertiary/aromatic N) is 3. The fourth-order valence-corrected chi connectivity index (χ4v) is 1.27. The Kier molecular flexibility index (Phi) is 2.85. The first-order valence-electron chi connectivity index (χ1n) is 4.75. The summed E-state index contributed by atoms with van der Waals surface area (Å²) in [5, 5.41) is 10.7. The minimum Gasteiger partial charge on any atom is -0.477 e. The average Bonchev–Trinajstić information content (AvgIpc) is 2.71. The van der Waals surface area contributed by atoms with Gasteiger partial charge in [-0.2, -0.15) is 17.9 Å². The van der Waals surface area contributed by atoms with Crippen LogP contribution in [0.25, 0.3) is 5.95 Å². The van der Waals surface area contributed by atoms with Gasteiger partial charge < -0.3 is 5.11 Å². The van der Waals surface area contributed by atoms with E-state index in [0.717, 1.165) is 6.20 Å². The summed E-state index contributed by atoms with van der Waals surface area (Å²) in [5.74, 6) is -2.02. The van der Waals surface area contributed by atoms with Crippen molar-refractivity contribution in [2.75, 3.05) is 0 Å². The van der Waals surface area contributed by atoms with E-state index in [1.54, 1.807) is 0 Å². The van der Waals surface area contributed by atoms with Gasteiger partial charge in [-0.1, -0.05) is 0 Å². The molecule has 0 aromatic carbocycles. The van der Waals surface area contributed by atoms with E-state index in [1.165, 1.54) is 0 Å². The lowest BCUT2D eigenvalue weighted by atomic mass is 10.4. The van der Waals surface area contributed by atoms with Crippen molar-refractivity contribution in [2.24, 2.45) is 0 Å². The fourth-order valence-electron chi connectivity index (χ4n) is 1.27. The van der Waals surface area contributed by atoms with Crippen molar-refractivity contribution in [1.29, 1.82) is 0 Å². The molecule has 2 aromatic heterocycles. The molecule has 0 unspecified atom stereocenters. The molecule has 2 N–H and O–H groups in total. The van der Waals surface area contributed by atoms with Crippen LogP contribution in [0.15, 0.2) is 23.1 Å². The third-order valence-corrected chi connectivity index (χ3v) is 2.08. The maximum absolute atomic E-state index is 12.4. The summed E-state index contributed by atoms with van der Waals surface area (Å²) in [5.41, 5.74) is -2.60. The molecule has 0 aliphatic rings. The van der Waals surface area contributed by atoms with Gasteiger partial charge in [-0.25, -0.2) is 14.8 Å². The number of halogens is 3. The third-order valence-electron chi connectivity index (χ3n) is 2.08. The second-order valence-electron chi connectivity index (χ2n) is 3.39. The molecule has 100 valence electrons. The summed E-state index contributed by atoms with van der Waals surface area (Å²) in [4.78, 5) is 28.7. The van der Waals surface area contributed by atoms with Gasteiger partial charge in [0.2, 0.25) is 0 Å². The molecule has 19 heavy (non-hydrogen) atoms. The fraction of sp³-hybridized carbons (Fsp3) is 0.111. The van der Waals surface area contributed by atoms with Crippen LogP contribution in [0.3, 0.4) is 0 Å². The topological polar surface area (TPSA) is 101 Å². The molecule has 0 aliphatic carbocycles. The zero-order valence-corrected chi connectivity index (χ0v) is 8.97. The number of nitrogens with one attached hydrogen (secondary N) is 1. The maximum Gasteiger partial charge on any atom is 0.433 e. The Hall–Kier alpha value is -2.65. The molecular formula is C9H5F3N4O3. The molecule has 2 heterocycles.